The van der Waals surface area contributed by atoms with Crippen LogP contribution in [0.15, 0.2) is 17.1 Å². The molecule has 0 radical (unpaired) electrons. The number of carbonyl (C=O) groups is 1. The van der Waals surface area contributed by atoms with Gasteiger partial charge in [0.05, 0.1) is 0 Å². The van der Waals surface area contributed by atoms with E-state index in [2.05, 4.69) is 4.98 Å². The van der Waals surface area contributed by atoms with Gasteiger partial charge in [-0.05, 0) is 19.4 Å². The van der Waals surface area contributed by atoms with Crippen molar-refractivity contribution in [2.24, 2.45) is 0 Å². The summed E-state index contributed by atoms with van der Waals surface area (Å²) in [4.78, 5) is 26.4. The maximum absolute atomic E-state index is 11.8. The lowest BCUT2D eigenvalue weighted by molar-refractivity contribution is 0.0693. The maximum atomic E-state index is 11.8. The second-order valence-electron chi connectivity index (χ2n) is 3.65. The Balaban J connectivity index is 2.74. The van der Waals surface area contributed by atoms with E-state index in [1.54, 1.807) is 13.0 Å². The molecule has 0 spiro atoms. The van der Waals surface area contributed by atoms with Crippen LogP contribution in [0.2, 0.25) is 0 Å². The Morgan fingerprint density at radius 2 is 2.31 bits per heavy atom. The number of carboxylic acid groups (broad SMARTS) is 1. The van der Waals surface area contributed by atoms with E-state index in [0.717, 1.165) is 6.20 Å². The van der Waals surface area contributed by atoms with Gasteiger partial charge in [0.15, 0.2) is 11.6 Å². The fourth-order valence-corrected chi connectivity index (χ4v) is 1.69. The summed E-state index contributed by atoms with van der Waals surface area (Å²) in [6.07, 6.45) is 3.01. The first kappa shape index (κ1) is 10.4. The highest BCUT2D eigenvalue weighted by atomic mass is 16.4. The van der Waals surface area contributed by atoms with E-state index in [9.17, 15) is 14.7 Å². The fourth-order valence-electron chi connectivity index (χ4n) is 1.69. The van der Waals surface area contributed by atoms with E-state index < -0.39 is 11.5 Å². The number of rotatable bonds is 1. The number of aliphatic hydroxyl groups is 1. The Labute approximate surface area is 90.5 Å². The Morgan fingerprint density at radius 1 is 1.62 bits per heavy atom. The summed E-state index contributed by atoms with van der Waals surface area (Å²) >= 11 is 0. The van der Waals surface area contributed by atoms with E-state index in [4.69, 9.17) is 5.11 Å². The van der Waals surface area contributed by atoms with Gasteiger partial charge in [0.1, 0.15) is 5.56 Å². The Bertz CT molecular complexity index is 544. The van der Waals surface area contributed by atoms with Gasteiger partial charge in [-0.15, -0.1) is 0 Å². The average molecular weight is 222 g/mol. The summed E-state index contributed by atoms with van der Waals surface area (Å²) in [7, 11) is 0. The maximum Gasteiger partial charge on any atom is 0.342 e. The van der Waals surface area contributed by atoms with Crippen LogP contribution in [0.3, 0.4) is 0 Å². The van der Waals surface area contributed by atoms with Crippen LogP contribution in [0.5, 0.6) is 0 Å². The van der Waals surface area contributed by atoms with Crippen molar-refractivity contribution in [3.05, 3.63) is 34.0 Å². The standard InChI is InChI=1S/C10H10N2O4/c1-5-2-3-7(13)8-11-4-6(10(15)16)9(14)12(5)8/h3-5,13H,2H2,1H3,(H,15,16). The van der Waals surface area contributed by atoms with Crippen molar-refractivity contribution in [2.45, 2.75) is 19.4 Å². The zero-order chi connectivity index (χ0) is 11.9. The zero-order valence-electron chi connectivity index (χ0n) is 8.54. The lowest BCUT2D eigenvalue weighted by Gasteiger charge is -2.21. The molecule has 2 N–H and O–H groups in total. The number of aliphatic hydroxyl groups excluding tert-OH is 1. The summed E-state index contributed by atoms with van der Waals surface area (Å²) in [5.74, 6) is -1.28. The van der Waals surface area contributed by atoms with Crippen LogP contribution in [0.1, 0.15) is 35.6 Å². The van der Waals surface area contributed by atoms with Crippen molar-refractivity contribution in [1.29, 1.82) is 0 Å². The minimum Gasteiger partial charge on any atom is -0.504 e. The van der Waals surface area contributed by atoms with Crippen LogP contribution < -0.4 is 5.56 Å². The van der Waals surface area contributed by atoms with Gasteiger partial charge in [-0.25, -0.2) is 9.78 Å². The van der Waals surface area contributed by atoms with Crippen molar-refractivity contribution in [1.82, 2.24) is 9.55 Å². The van der Waals surface area contributed by atoms with Gasteiger partial charge in [0.25, 0.3) is 5.56 Å². The van der Waals surface area contributed by atoms with Gasteiger partial charge in [-0.2, -0.15) is 0 Å². The number of aromatic carboxylic acids is 1. The highest BCUT2D eigenvalue weighted by Gasteiger charge is 2.23. The van der Waals surface area contributed by atoms with Crippen molar-refractivity contribution in [2.75, 3.05) is 0 Å². The summed E-state index contributed by atoms with van der Waals surface area (Å²) in [6.45, 7) is 1.77. The number of hydrogen-bond donors (Lipinski definition) is 2. The van der Waals surface area contributed by atoms with E-state index >= 15 is 0 Å². The molecule has 0 amide bonds. The van der Waals surface area contributed by atoms with E-state index in [1.165, 1.54) is 4.57 Å². The lowest BCUT2D eigenvalue weighted by Crippen LogP contribution is -2.33. The fraction of sp³-hybridized carbons (Fsp3) is 0.300. The Hall–Kier alpha value is -2.11. The van der Waals surface area contributed by atoms with Crippen LogP contribution in [0, 0.1) is 0 Å². The first-order valence-corrected chi connectivity index (χ1v) is 4.76. The van der Waals surface area contributed by atoms with E-state index in [-0.39, 0.29) is 23.2 Å². The Kier molecular flexibility index (Phi) is 2.26. The minimum absolute atomic E-state index is 0.0906. The van der Waals surface area contributed by atoms with Crippen molar-refractivity contribution in [3.63, 3.8) is 0 Å². The second kappa shape index (κ2) is 3.48. The summed E-state index contributed by atoms with van der Waals surface area (Å²) in [5.41, 5.74) is -1.02. The molecule has 1 unspecified atom stereocenters. The number of carboxylic acids is 1. The molecule has 2 rings (SSSR count). The number of fused-ring (bicyclic) bond motifs is 1. The second-order valence-corrected chi connectivity index (χ2v) is 3.65. The molecule has 0 saturated heterocycles. The molecular weight excluding hydrogens is 212 g/mol. The van der Waals surface area contributed by atoms with Gasteiger partial charge in [0, 0.05) is 12.2 Å². The summed E-state index contributed by atoms with van der Waals surface area (Å²) in [5, 5.41) is 18.3. The SMILES string of the molecule is CC1CC=C(O)c2ncc(C(=O)O)c(=O)n21. The first-order chi connectivity index (χ1) is 7.52. The van der Waals surface area contributed by atoms with Crippen LogP contribution in [0.4, 0.5) is 0 Å². The molecule has 84 valence electrons. The molecule has 0 saturated carbocycles. The van der Waals surface area contributed by atoms with Crippen LogP contribution in [0.25, 0.3) is 5.76 Å². The molecular formula is C10H10N2O4. The molecule has 1 aliphatic rings. The molecule has 0 fully saturated rings. The molecule has 1 aliphatic heterocycles. The third kappa shape index (κ3) is 1.39. The smallest absolute Gasteiger partial charge is 0.342 e. The molecule has 0 bridgehead atoms. The summed E-state index contributed by atoms with van der Waals surface area (Å²) in [6, 6.07) is -0.204. The molecule has 6 nitrogen and oxygen atoms in total. The van der Waals surface area contributed by atoms with Crippen LogP contribution >= 0.6 is 0 Å². The molecule has 1 aromatic heterocycles. The van der Waals surface area contributed by atoms with Crippen LogP contribution in [-0.2, 0) is 0 Å². The first-order valence-electron chi connectivity index (χ1n) is 4.76. The molecule has 0 aromatic carbocycles. The van der Waals surface area contributed by atoms with Gasteiger partial charge < -0.3 is 10.2 Å². The quantitative estimate of drug-likeness (QED) is 0.733. The van der Waals surface area contributed by atoms with Crippen LogP contribution in [-0.4, -0.2) is 25.7 Å². The molecule has 6 heteroatoms. The van der Waals surface area contributed by atoms with Crippen molar-refractivity contribution >= 4 is 11.7 Å². The minimum atomic E-state index is -1.31. The van der Waals surface area contributed by atoms with E-state index in [0.29, 0.717) is 6.42 Å². The third-order valence-corrected chi connectivity index (χ3v) is 2.55. The number of allylic oxidation sites excluding steroid dienone is 1. The highest BCUT2D eigenvalue weighted by Crippen LogP contribution is 2.22. The largest absolute Gasteiger partial charge is 0.504 e. The lowest BCUT2D eigenvalue weighted by atomic mass is 10.1. The molecule has 16 heavy (non-hydrogen) atoms. The van der Waals surface area contributed by atoms with Crippen molar-refractivity contribution in [3.8, 4) is 0 Å². The molecule has 1 aromatic rings. The number of nitrogens with zero attached hydrogens (tertiary/aromatic N) is 2. The monoisotopic (exact) mass is 222 g/mol. The van der Waals surface area contributed by atoms with E-state index in [1.807, 2.05) is 0 Å². The third-order valence-electron chi connectivity index (χ3n) is 2.55. The van der Waals surface area contributed by atoms with Crippen molar-refractivity contribution < 1.29 is 15.0 Å². The van der Waals surface area contributed by atoms with Gasteiger partial charge in [0.2, 0.25) is 0 Å². The highest BCUT2D eigenvalue weighted by molar-refractivity contribution is 5.86. The number of aromatic nitrogens is 2. The zero-order valence-corrected chi connectivity index (χ0v) is 8.54. The molecule has 0 aliphatic carbocycles. The van der Waals surface area contributed by atoms with Gasteiger partial charge in [-0.1, -0.05) is 0 Å². The average Bonchev–Trinajstić information content (AvgIpc) is 2.23. The predicted molar refractivity (Wildman–Crippen MR) is 55.4 cm³/mol. The van der Waals surface area contributed by atoms with Gasteiger partial charge >= 0.3 is 5.97 Å². The summed E-state index contributed by atoms with van der Waals surface area (Å²) < 4.78 is 1.21. The normalized spacial score (nSPS) is 18.8. The molecule has 2 heterocycles. The molecule has 1 atom stereocenters. The number of hydrogen-bond acceptors (Lipinski definition) is 4. The Morgan fingerprint density at radius 3 is 2.94 bits per heavy atom. The topological polar surface area (TPSA) is 92.4 Å². The van der Waals surface area contributed by atoms with Gasteiger partial charge in [-0.3, -0.25) is 9.36 Å². The predicted octanol–water partition coefficient (Wildman–Crippen LogP) is 0.805.